The lowest BCUT2D eigenvalue weighted by Crippen LogP contribution is -2.46. The van der Waals surface area contributed by atoms with E-state index in [0.717, 1.165) is 76.8 Å². The van der Waals surface area contributed by atoms with Crippen LogP contribution in [0.15, 0.2) is 18.2 Å². The second-order valence-electron chi connectivity index (χ2n) is 7.12. The highest BCUT2D eigenvalue weighted by Crippen LogP contribution is 2.32. The number of unbranched alkanes of at least 4 members (excludes halogenated alkanes) is 3. The summed E-state index contributed by atoms with van der Waals surface area (Å²) in [6.07, 6.45) is 5.94. The Balaban J connectivity index is 1.89. The molecule has 5 heteroatoms. The molecule has 0 saturated carbocycles. The van der Waals surface area contributed by atoms with Crippen LogP contribution in [0.2, 0.25) is 0 Å². The zero-order valence-electron chi connectivity index (χ0n) is 16.7. The molecule has 0 spiro atoms. The summed E-state index contributed by atoms with van der Waals surface area (Å²) < 4.78 is 11.7. The van der Waals surface area contributed by atoms with Gasteiger partial charge in [-0.15, -0.1) is 0 Å². The molecule has 0 unspecified atom stereocenters. The summed E-state index contributed by atoms with van der Waals surface area (Å²) in [6, 6.07) is 6.23. The molecule has 0 aliphatic carbocycles. The van der Waals surface area contributed by atoms with Gasteiger partial charge in [-0.3, -0.25) is 4.90 Å². The van der Waals surface area contributed by atoms with E-state index < -0.39 is 0 Å². The van der Waals surface area contributed by atoms with Gasteiger partial charge in [-0.1, -0.05) is 38.3 Å². The Kier molecular flexibility index (Phi) is 9.82. The van der Waals surface area contributed by atoms with Crippen LogP contribution in [0.1, 0.15) is 44.6 Å². The number of rotatable bonds is 12. The minimum Gasteiger partial charge on any atom is -0.493 e. The number of benzene rings is 1. The first-order chi connectivity index (χ1) is 12.8. The fraction of sp³-hybridized carbons (Fsp3) is 0.714. The van der Waals surface area contributed by atoms with Gasteiger partial charge in [0.05, 0.1) is 13.7 Å². The zero-order valence-corrected chi connectivity index (χ0v) is 16.7. The summed E-state index contributed by atoms with van der Waals surface area (Å²) in [4.78, 5) is 5.03. The molecule has 1 fully saturated rings. The Morgan fingerprint density at radius 1 is 1.00 bits per heavy atom. The molecule has 1 heterocycles. The maximum absolute atomic E-state index is 6.15. The molecule has 26 heavy (non-hydrogen) atoms. The Bertz CT molecular complexity index is 502. The fourth-order valence-corrected chi connectivity index (χ4v) is 3.44. The van der Waals surface area contributed by atoms with E-state index >= 15 is 0 Å². The lowest BCUT2D eigenvalue weighted by atomic mass is 10.1. The van der Waals surface area contributed by atoms with Gasteiger partial charge in [0.2, 0.25) is 0 Å². The van der Waals surface area contributed by atoms with Crippen LogP contribution in [0.25, 0.3) is 0 Å². The molecule has 0 amide bonds. The maximum atomic E-state index is 6.15. The predicted octanol–water partition coefficient (Wildman–Crippen LogP) is 3.12. The van der Waals surface area contributed by atoms with Crippen LogP contribution in [-0.2, 0) is 6.54 Å². The number of ether oxygens (including phenoxy) is 2. The Morgan fingerprint density at radius 2 is 1.77 bits per heavy atom. The summed E-state index contributed by atoms with van der Waals surface area (Å²) in [7, 11) is 1.72. The van der Waals surface area contributed by atoms with Crippen molar-refractivity contribution in [3.8, 4) is 11.5 Å². The summed E-state index contributed by atoms with van der Waals surface area (Å²) in [5.41, 5.74) is 6.85. The van der Waals surface area contributed by atoms with Gasteiger partial charge in [-0.05, 0) is 32.0 Å². The Hall–Kier alpha value is -1.30. The normalized spacial score (nSPS) is 16.0. The summed E-state index contributed by atoms with van der Waals surface area (Å²) in [5, 5.41) is 0. The highest BCUT2D eigenvalue weighted by Gasteiger charge is 2.19. The Morgan fingerprint density at radius 3 is 2.46 bits per heavy atom. The van der Waals surface area contributed by atoms with Crippen LogP contribution in [0.5, 0.6) is 11.5 Å². The average Bonchev–Trinajstić information content (AvgIpc) is 2.68. The third-order valence-electron chi connectivity index (χ3n) is 5.06. The molecule has 1 aliphatic heterocycles. The van der Waals surface area contributed by atoms with Gasteiger partial charge in [-0.25, -0.2) is 0 Å². The minimum atomic E-state index is 0.764. The van der Waals surface area contributed by atoms with E-state index in [0.29, 0.717) is 0 Å². The maximum Gasteiger partial charge on any atom is 0.165 e. The van der Waals surface area contributed by atoms with Crippen molar-refractivity contribution in [3.63, 3.8) is 0 Å². The molecule has 2 rings (SSSR count). The molecule has 1 aliphatic rings. The van der Waals surface area contributed by atoms with Gasteiger partial charge in [0.25, 0.3) is 0 Å². The van der Waals surface area contributed by atoms with Crippen molar-refractivity contribution in [1.29, 1.82) is 0 Å². The van der Waals surface area contributed by atoms with Crippen LogP contribution in [-0.4, -0.2) is 62.8 Å². The van der Waals surface area contributed by atoms with Crippen molar-refractivity contribution in [2.45, 2.75) is 45.6 Å². The molecular weight excluding hydrogens is 326 g/mol. The lowest BCUT2D eigenvalue weighted by molar-refractivity contribution is 0.125. The predicted molar refractivity (Wildman–Crippen MR) is 108 cm³/mol. The van der Waals surface area contributed by atoms with Crippen molar-refractivity contribution < 1.29 is 9.47 Å². The second kappa shape index (κ2) is 12.2. The van der Waals surface area contributed by atoms with Gasteiger partial charge >= 0.3 is 0 Å². The summed E-state index contributed by atoms with van der Waals surface area (Å²) in [6.45, 7) is 10.3. The minimum absolute atomic E-state index is 0.764. The van der Waals surface area contributed by atoms with Crippen molar-refractivity contribution in [2.24, 2.45) is 5.73 Å². The average molecular weight is 364 g/mol. The standard InChI is InChI=1S/C21H37N3O2/c1-3-4-5-6-17-26-21-19(9-7-10-20(21)25-2)18-24-15-13-23(14-16-24)12-8-11-22/h7,9-10H,3-6,8,11-18,22H2,1-2H3. The fourth-order valence-electron chi connectivity index (χ4n) is 3.44. The van der Waals surface area contributed by atoms with E-state index in [1.165, 1.54) is 24.8 Å². The van der Waals surface area contributed by atoms with Crippen LogP contribution in [0, 0.1) is 0 Å². The molecule has 2 N–H and O–H groups in total. The van der Waals surface area contributed by atoms with E-state index in [9.17, 15) is 0 Å². The molecular formula is C21H37N3O2. The first-order valence-electron chi connectivity index (χ1n) is 10.2. The van der Waals surface area contributed by atoms with Gasteiger partial charge < -0.3 is 20.1 Å². The molecule has 1 aromatic rings. The number of nitrogens with zero attached hydrogens (tertiary/aromatic N) is 2. The van der Waals surface area contributed by atoms with Crippen LogP contribution in [0.4, 0.5) is 0 Å². The topological polar surface area (TPSA) is 51.0 Å². The number of nitrogens with two attached hydrogens (primary N) is 1. The highest BCUT2D eigenvalue weighted by molar-refractivity contribution is 5.46. The number of para-hydroxylation sites is 1. The molecule has 148 valence electrons. The quantitative estimate of drug-likeness (QED) is 0.578. The molecule has 1 saturated heterocycles. The van der Waals surface area contributed by atoms with Gasteiger partial charge in [0.1, 0.15) is 0 Å². The van der Waals surface area contributed by atoms with E-state index in [1.54, 1.807) is 7.11 Å². The van der Waals surface area contributed by atoms with E-state index in [2.05, 4.69) is 28.9 Å². The van der Waals surface area contributed by atoms with Gasteiger partial charge in [0.15, 0.2) is 11.5 Å². The van der Waals surface area contributed by atoms with Crippen LogP contribution < -0.4 is 15.2 Å². The number of hydrogen-bond donors (Lipinski definition) is 1. The zero-order chi connectivity index (χ0) is 18.6. The monoisotopic (exact) mass is 363 g/mol. The summed E-state index contributed by atoms with van der Waals surface area (Å²) in [5.74, 6) is 1.77. The largest absolute Gasteiger partial charge is 0.493 e. The number of hydrogen-bond acceptors (Lipinski definition) is 5. The molecule has 0 atom stereocenters. The third kappa shape index (κ3) is 6.78. The summed E-state index contributed by atoms with van der Waals surface area (Å²) >= 11 is 0. The van der Waals surface area contributed by atoms with Gasteiger partial charge in [0, 0.05) is 38.3 Å². The third-order valence-corrected chi connectivity index (χ3v) is 5.06. The van der Waals surface area contributed by atoms with Gasteiger partial charge in [-0.2, -0.15) is 0 Å². The molecule has 0 radical (unpaired) electrons. The van der Waals surface area contributed by atoms with E-state index in [-0.39, 0.29) is 0 Å². The first-order valence-corrected chi connectivity index (χ1v) is 10.2. The highest BCUT2D eigenvalue weighted by atomic mass is 16.5. The van der Waals surface area contributed by atoms with Crippen molar-refractivity contribution in [1.82, 2.24) is 9.80 Å². The number of piperazine rings is 1. The SMILES string of the molecule is CCCCCCOc1c(CN2CCN(CCCN)CC2)cccc1OC. The number of methoxy groups -OCH3 is 1. The van der Waals surface area contributed by atoms with Crippen molar-refractivity contribution in [3.05, 3.63) is 23.8 Å². The second-order valence-corrected chi connectivity index (χ2v) is 7.12. The van der Waals surface area contributed by atoms with Crippen LogP contribution >= 0.6 is 0 Å². The van der Waals surface area contributed by atoms with E-state index in [4.69, 9.17) is 15.2 Å². The smallest absolute Gasteiger partial charge is 0.165 e. The Labute approximate surface area is 159 Å². The molecule has 0 bridgehead atoms. The van der Waals surface area contributed by atoms with Crippen LogP contribution in [0.3, 0.4) is 0 Å². The van der Waals surface area contributed by atoms with Crippen molar-refractivity contribution >= 4 is 0 Å². The first kappa shape index (κ1) is 21.0. The molecule has 5 nitrogen and oxygen atoms in total. The molecule has 0 aromatic heterocycles. The lowest BCUT2D eigenvalue weighted by Gasteiger charge is -2.35. The molecule has 1 aromatic carbocycles. The van der Waals surface area contributed by atoms with Crippen molar-refractivity contribution in [2.75, 3.05) is 53.0 Å². The van der Waals surface area contributed by atoms with E-state index in [1.807, 2.05) is 6.07 Å².